The summed E-state index contributed by atoms with van der Waals surface area (Å²) in [6.45, 7) is 24.1. The second-order valence-corrected chi connectivity index (χ2v) is 13.7. The highest BCUT2D eigenvalue weighted by Crippen LogP contribution is 2.29. The van der Waals surface area contributed by atoms with Crippen molar-refractivity contribution in [3.8, 4) is 17.2 Å². The monoisotopic (exact) mass is 626 g/mol. The van der Waals surface area contributed by atoms with Crippen LogP contribution in [0.15, 0.2) is 97.1 Å². The number of aromatic hydroxyl groups is 3. The van der Waals surface area contributed by atoms with Crippen LogP contribution in [0.5, 0.6) is 17.2 Å². The van der Waals surface area contributed by atoms with Crippen molar-refractivity contribution >= 4 is 0 Å². The quantitative estimate of drug-likeness (QED) is 0.182. The molecule has 0 saturated carbocycles. The van der Waals surface area contributed by atoms with Crippen molar-refractivity contribution in [2.45, 2.75) is 125 Å². The molecule has 3 N–H and O–H groups in total. The van der Waals surface area contributed by atoms with Gasteiger partial charge in [-0.1, -0.05) is 135 Å². The Labute approximate surface area is 281 Å². The van der Waals surface area contributed by atoms with Gasteiger partial charge in [0.2, 0.25) is 0 Å². The van der Waals surface area contributed by atoms with Crippen LogP contribution in [0.25, 0.3) is 0 Å². The summed E-state index contributed by atoms with van der Waals surface area (Å²) in [6, 6.07) is 31.1. The maximum atomic E-state index is 9.27. The van der Waals surface area contributed by atoms with Crippen LogP contribution in [0.3, 0.4) is 0 Å². The highest BCUT2D eigenvalue weighted by Gasteiger charge is 2.18. The van der Waals surface area contributed by atoms with E-state index in [1.807, 2.05) is 36.4 Å². The molecule has 4 rings (SSSR count). The van der Waals surface area contributed by atoms with Crippen LogP contribution >= 0.6 is 0 Å². The van der Waals surface area contributed by atoms with Gasteiger partial charge >= 0.3 is 0 Å². The van der Waals surface area contributed by atoms with Crippen LogP contribution < -0.4 is 0 Å². The third kappa shape index (κ3) is 14.1. The van der Waals surface area contributed by atoms with Crippen LogP contribution in [0.1, 0.15) is 135 Å². The summed E-state index contributed by atoms with van der Waals surface area (Å²) in [7, 11) is 0. The first kappa shape index (κ1) is 40.3. The van der Waals surface area contributed by atoms with Gasteiger partial charge in [0.25, 0.3) is 0 Å². The van der Waals surface area contributed by atoms with Gasteiger partial charge in [-0.15, -0.1) is 0 Å². The zero-order valence-electron chi connectivity index (χ0n) is 30.6. The third-order valence-electron chi connectivity index (χ3n) is 9.34. The zero-order chi connectivity index (χ0) is 34.9. The summed E-state index contributed by atoms with van der Waals surface area (Å²) >= 11 is 0. The summed E-state index contributed by atoms with van der Waals surface area (Å²) < 4.78 is 0. The summed E-state index contributed by atoms with van der Waals surface area (Å²) in [4.78, 5) is 0. The van der Waals surface area contributed by atoms with Gasteiger partial charge in [-0.25, -0.2) is 0 Å². The SMILES string of the molecule is CCC(C)(C)c1ccc(O)cc1.CCC(C)(C)c1cccc(O)c1.CCC(C)c1ccc(O)cc1.CCC(C)c1cccc(C)c1. The molecule has 4 aromatic carbocycles. The highest BCUT2D eigenvalue weighted by molar-refractivity contribution is 5.32. The van der Waals surface area contributed by atoms with Gasteiger partial charge in [0.05, 0.1) is 0 Å². The molecule has 3 nitrogen and oxygen atoms in total. The average Bonchev–Trinajstić information content (AvgIpc) is 3.05. The lowest BCUT2D eigenvalue weighted by atomic mass is 9.82. The lowest BCUT2D eigenvalue weighted by Crippen LogP contribution is -2.14. The summed E-state index contributed by atoms with van der Waals surface area (Å²) in [5.74, 6) is 2.34. The van der Waals surface area contributed by atoms with E-state index < -0.39 is 0 Å². The molecule has 0 heterocycles. The van der Waals surface area contributed by atoms with Crippen molar-refractivity contribution in [3.63, 3.8) is 0 Å². The Morgan fingerprint density at radius 2 is 0.957 bits per heavy atom. The van der Waals surface area contributed by atoms with Gasteiger partial charge in [-0.2, -0.15) is 0 Å². The van der Waals surface area contributed by atoms with Crippen molar-refractivity contribution in [1.82, 2.24) is 0 Å². The van der Waals surface area contributed by atoms with E-state index in [1.165, 1.54) is 34.2 Å². The minimum atomic E-state index is 0.165. The molecule has 3 heteroatoms. The fourth-order valence-electron chi connectivity index (χ4n) is 4.50. The lowest BCUT2D eigenvalue weighted by Gasteiger charge is -2.23. The first-order valence-corrected chi connectivity index (χ1v) is 17.0. The Balaban J connectivity index is 0.000000307. The molecular weight excluding hydrogens is 564 g/mol. The fraction of sp³-hybridized carbons (Fsp3) is 0.442. The van der Waals surface area contributed by atoms with E-state index >= 15 is 0 Å². The van der Waals surface area contributed by atoms with Crippen LogP contribution in [-0.4, -0.2) is 15.3 Å². The molecule has 2 unspecified atom stereocenters. The third-order valence-corrected chi connectivity index (χ3v) is 9.34. The number of benzene rings is 4. The lowest BCUT2D eigenvalue weighted by molar-refractivity contribution is 0.464. The molecule has 0 bridgehead atoms. The minimum absolute atomic E-state index is 0.165. The van der Waals surface area contributed by atoms with E-state index in [0.717, 1.165) is 19.3 Å². The van der Waals surface area contributed by atoms with Crippen molar-refractivity contribution in [2.75, 3.05) is 0 Å². The van der Waals surface area contributed by atoms with E-state index in [0.29, 0.717) is 29.1 Å². The van der Waals surface area contributed by atoms with Crippen molar-refractivity contribution in [2.24, 2.45) is 0 Å². The van der Waals surface area contributed by atoms with Crippen molar-refractivity contribution < 1.29 is 15.3 Å². The summed E-state index contributed by atoms with van der Waals surface area (Å²) in [6.07, 6.45) is 4.56. The van der Waals surface area contributed by atoms with Gasteiger partial charge in [0.15, 0.2) is 0 Å². The molecule has 0 fully saturated rings. The normalized spacial score (nSPS) is 12.2. The molecule has 0 aliphatic heterocycles. The average molecular weight is 627 g/mol. The van der Waals surface area contributed by atoms with Crippen LogP contribution in [0.2, 0.25) is 0 Å². The first-order valence-electron chi connectivity index (χ1n) is 17.0. The standard InChI is InChI=1S/2C11H16O.C11H16.C10H14O/c1-4-11(2,3)9-5-7-10(12)8-6-9;1-4-11(2,3)9-6-5-7-10(12)8-9;1-4-10(3)11-7-5-6-9(2)8-11;1-3-8(2)9-4-6-10(11)7-5-9/h2*5-8,12H,4H2,1-3H3;5-8,10H,4H2,1-3H3;4-8,11H,3H2,1-2H3. The molecule has 0 amide bonds. The molecular formula is C43H62O3. The second-order valence-electron chi connectivity index (χ2n) is 13.7. The smallest absolute Gasteiger partial charge is 0.115 e. The number of phenolic OH excluding ortho intramolecular Hbond substituents is 3. The van der Waals surface area contributed by atoms with Crippen molar-refractivity contribution in [1.29, 1.82) is 0 Å². The molecule has 46 heavy (non-hydrogen) atoms. The Morgan fingerprint density at radius 3 is 1.41 bits per heavy atom. The Bertz CT molecular complexity index is 1380. The van der Waals surface area contributed by atoms with Gasteiger partial charge in [0.1, 0.15) is 17.2 Å². The molecule has 0 aliphatic carbocycles. The van der Waals surface area contributed by atoms with E-state index in [-0.39, 0.29) is 10.8 Å². The Kier molecular flexibility index (Phi) is 17.3. The number of hydrogen-bond donors (Lipinski definition) is 3. The number of phenols is 3. The molecule has 252 valence electrons. The van der Waals surface area contributed by atoms with Gasteiger partial charge < -0.3 is 15.3 Å². The van der Waals surface area contributed by atoms with Gasteiger partial charge in [-0.3, -0.25) is 0 Å². The number of aryl methyl sites for hydroxylation is 1. The molecule has 0 aliphatic rings. The fourth-order valence-corrected chi connectivity index (χ4v) is 4.50. The van der Waals surface area contributed by atoms with Crippen LogP contribution in [-0.2, 0) is 10.8 Å². The topological polar surface area (TPSA) is 60.7 Å². The largest absolute Gasteiger partial charge is 0.508 e. The molecule has 0 aromatic heterocycles. The number of hydrogen-bond acceptors (Lipinski definition) is 3. The predicted octanol–water partition coefficient (Wildman–Crippen LogP) is 12.6. The molecule has 4 aromatic rings. The minimum Gasteiger partial charge on any atom is -0.508 e. The maximum Gasteiger partial charge on any atom is 0.115 e. The van der Waals surface area contributed by atoms with Crippen molar-refractivity contribution in [3.05, 3.63) is 125 Å². The van der Waals surface area contributed by atoms with E-state index in [9.17, 15) is 5.11 Å². The van der Waals surface area contributed by atoms with E-state index in [4.69, 9.17) is 10.2 Å². The highest BCUT2D eigenvalue weighted by atomic mass is 16.3. The molecule has 0 spiro atoms. The first-order chi connectivity index (χ1) is 21.6. The summed E-state index contributed by atoms with van der Waals surface area (Å²) in [5, 5.41) is 27.4. The molecule has 0 saturated heterocycles. The second kappa shape index (κ2) is 19.7. The zero-order valence-corrected chi connectivity index (χ0v) is 30.6. The van der Waals surface area contributed by atoms with E-state index in [1.54, 1.807) is 30.3 Å². The van der Waals surface area contributed by atoms with E-state index in [2.05, 4.69) is 106 Å². The molecule has 2 atom stereocenters. The van der Waals surface area contributed by atoms with Crippen LogP contribution in [0, 0.1) is 6.92 Å². The Hall–Kier alpha value is -3.72. The van der Waals surface area contributed by atoms with Gasteiger partial charge in [-0.05, 0) is 114 Å². The predicted molar refractivity (Wildman–Crippen MR) is 200 cm³/mol. The Morgan fingerprint density at radius 1 is 0.500 bits per heavy atom. The molecule has 0 radical (unpaired) electrons. The number of rotatable bonds is 8. The summed E-state index contributed by atoms with van der Waals surface area (Å²) in [5.41, 5.74) is 6.99. The van der Waals surface area contributed by atoms with Crippen LogP contribution in [0.4, 0.5) is 0 Å². The van der Waals surface area contributed by atoms with Gasteiger partial charge in [0, 0.05) is 0 Å². The maximum absolute atomic E-state index is 9.27.